The van der Waals surface area contributed by atoms with Gasteiger partial charge in [0.2, 0.25) is 0 Å². The van der Waals surface area contributed by atoms with Crippen LogP contribution in [0, 0.1) is 52.3 Å². The first kappa shape index (κ1) is 29.4. The van der Waals surface area contributed by atoms with Crippen molar-refractivity contribution in [3.63, 3.8) is 0 Å². The molecule has 0 aromatic carbocycles. The number of carbonyl (C=O) groups excluding carboxylic acids is 3. The topological polar surface area (TPSA) is 97.4 Å². The Balaban J connectivity index is 1.31. The van der Waals surface area contributed by atoms with E-state index < -0.39 is 18.0 Å². The molecule has 0 amide bonds. The zero-order valence-electron chi connectivity index (χ0n) is 26.0. The highest BCUT2D eigenvalue weighted by molar-refractivity contribution is 5.67. The van der Waals surface area contributed by atoms with Crippen molar-refractivity contribution in [3.05, 3.63) is 0 Å². The van der Waals surface area contributed by atoms with E-state index in [2.05, 4.69) is 27.7 Å². The summed E-state index contributed by atoms with van der Waals surface area (Å²) in [5.74, 6) is 1.20. The van der Waals surface area contributed by atoms with E-state index in [-0.39, 0.29) is 46.9 Å². The molecule has 4 aliphatic carbocycles. The average molecular weight is 575 g/mol. The van der Waals surface area contributed by atoms with Gasteiger partial charge >= 0.3 is 17.9 Å². The van der Waals surface area contributed by atoms with Crippen LogP contribution in [0.4, 0.5) is 0 Å². The first-order valence-electron chi connectivity index (χ1n) is 16.1. The summed E-state index contributed by atoms with van der Waals surface area (Å²) >= 11 is 0. The van der Waals surface area contributed by atoms with Crippen LogP contribution in [0.3, 0.4) is 0 Å². The molecule has 14 atom stereocenters. The third kappa shape index (κ3) is 4.65. The normalized spacial score (nSPS) is 52.0. The van der Waals surface area contributed by atoms with Crippen molar-refractivity contribution >= 4 is 17.9 Å². The van der Waals surface area contributed by atoms with Gasteiger partial charge in [-0.1, -0.05) is 27.7 Å². The van der Waals surface area contributed by atoms with Crippen molar-refractivity contribution in [2.45, 2.75) is 130 Å². The largest absolute Gasteiger partial charge is 0.462 e. The van der Waals surface area contributed by atoms with Crippen LogP contribution in [0.1, 0.15) is 99.8 Å². The van der Waals surface area contributed by atoms with Crippen LogP contribution >= 0.6 is 0 Å². The summed E-state index contributed by atoms with van der Waals surface area (Å²) in [6.45, 7) is 14.5. The van der Waals surface area contributed by atoms with Crippen LogP contribution in [-0.4, -0.2) is 54.7 Å². The summed E-state index contributed by atoms with van der Waals surface area (Å²) in [4.78, 5) is 36.5. The van der Waals surface area contributed by atoms with Crippen molar-refractivity contribution in [3.8, 4) is 0 Å². The molecular weight excluding hydrogens is 524 g/mol. The van der Waals surface area contributed by atoms with Gasteiger partial charge in [0.1, 0.15) is 18.3 Å². The molecule has 0 aromatic heterocycles. The van der Waals surface area contributed by atoms with Crippen molar-refractivity contribution in [1.82, 2.24) is 0 Å². The fraction of sp³-hybridized carbons (Fsp3) is 0.909. The van der Waals surface area contributed by atoms with Gasteiger partial charge in [0.25, 0.3) is 0 Å². The monoisotopic (exact) mass is 574 g/mol. The zero-order chi connectivity index (χ0) is 29.5. The molecule has 0 N–H and O–H groups in total. The fourth-order valence-corrected chi connectivity index (χ4v) is 11.3. The highest BCUT2D eigenvalue weighted by Crippen LogP contribution is 2.71. The van der Waals surface area contributed by atoms with E-state index in [0.717, 1.165) is 45.1 Å². The van der Waals surface area contributed by atoms with Crippen molar-refractivity contribution in [2.24, 2.45) is 52.3 Å². The van der Waals surface area contributed by atoms with Gasteiger partial charge in [0.05, 0.1) is 12.7 Å². The number of hydrogen-bond acceptors (Lipinski definition) is 8. The molecule has 4 saturated carbocycles. The number of rotatable bonds is 3. The Morgan fingerprint density at radius 2 is 1.39 bits per heavy atom. The van der Waals surface area contributed by atoms with Gasteiger partial charge in [-0.3, -0.25) is 14.4 Å². The summed E-state index contributed by atoms with van der Waals surface area (Å²) in [6.07, 6.45) is 6.22. The molecule has 41 heavy (non-hydrogen) atoms. The predicted molar refractivity (Wildman–Crippen MR) is 149 cm³/mol. The molecule has 2 saturated heterocycles. The lowest BCUT2D eigenvalue weighted by molar-refractivity contribution is -0.274. The molecule has 6 rings (SSSR count). The highest BCUT2D eigenvalue weighted by Gasteiger charge is 2.70. The fourth-order valence-electron chi connectivity index (χ4n) is 11.3. The maximum atomic E-state index is 12.4. The molecule has 2 heterocycles. The Bertz CT molecular complexity index is 1070. The van der Waals surface area contributed by atoms with E-state index in [1.165, 1.54) is 20.8 Å². The number of fused-ring (bicyclic) bond motifs is 7. The maximum Gasteiger partial charge on any atom is 0.303 e. The van der Waals surface area contributed by atoms with Gasteiger partial charge in [0.15, 0.2) is 5.79 Å². The molecule has 2 aliphatic heterocycles. The van der Waals surface area contributed by atoms with Crippen molar-refractivity contribution < 1.29 is 38.1 Å². The SMILES string of the molecule is CC(=O)O[C@H]1C[C@@H]2[C@H](OC(C)=O)C[C@@H]3[C@H](CC[C@]4(C)[C@@H]5[C@H](C[C@@H]34)O[C@]3(CC[C@@H](C)CO3)[C@H]5C)[C@@]2(C)C[C@H]1OC(C)=O. The Hall–Kier alpha value is -1.67. The smallest absolute Gasteiger partial charge is 0.303 e. The van der Waals surface area contributed by atoms with E-state index >= 15 is 0 Å². The second kappa shape index (κ2) is 10.2. The first-order chi connectivity index (χ1) is 19.3. The minimum atomic E-state index is -0.535. The molecule has 230 valence electrons. The number of ether oxygens (including phenoxy) is 5. The van der Waals surface area contributed by atoms with E-state index in [4.69, 9.17) is 23.7 Å². The van der Waals surface area contributed by atoms with Crippen LogP contribution in [0.25, 0.3) is 0 Å². The molecule has 0 unspecified atom stereocenters. The molecule has 6 fully saturated rings. The van der Waals surface area contributed by atoms with E-state index in [1.54, 1.807) is 0 Å². The molecule has 8 nitrogen and oxygen atoms in total. The van der Waals surface area contributed by atoms with Gasteiger partial charge < -0.3 is 23.7 Å². The number of carbonyl (C=O) groups is 3. The van der Waals surface area contributed by atoms with Gasteiger partial charge in [-0.15, -0.1) is 0 Å². The highest BCUT2D eigenvalue weighted by atomic mass is 16.7. The minimum Gasteiger partial charge on any atom is -0.462 e. The summed E-state index contributed by atoms with van der Waals surface area (Å²) in [5.41, 5.74) is -0.0789. The average Bonchev–Trinajstić information content (AvgIpc) is 3.31. The van der Waals surface area contributed by atoms with Crippen LogP contribution in [-0.2, 0) is 38.1 Å². The lowest BCUT2D eigenvalue weighted by Crippen LogP contribution is -2.62. The Kier molecular flexibility index (Phi) is 7.32. The van der Waals surface area contributed by atoms with Gasteiger partial charge in [-0.05, 0) is 85.4 Å². The second-order valence-corrected chi connectivity index (χ2v) is 15.1. The third-order valence-electron chi connectivity index (χ3n) is 12.8. The summed E-state index contributed by atoms with van der Waals surface area (Å²) < 4.78 is 31.0. The van der Waals surface area contributed by atoms with Crippen LogP contribution in [0.2, 0.25) is 0 Å². The summed E-state index contributed by atoms with van der Waals surface area (Å²) in [5, 5.41) is 0. The van der Waals surface area contributed by atoms with E-state index in [1.807, 2.05) is 0 Å². The predicted octanol–water partition coefficient (Wildman–Crippen LogP) is 5.45. The Morgan fingerprint density at radius 3 is 2.02 bits per heavy atom. The first-order valence-corrected chi connectivity index (χ1v) is 16.1. The third-order valence-corrected chi connectivity index (χ3v) is 12.8. The molecule has 1 spiro atoms. The Labute approximate surface area is 244 Å². The molecule has 0 aromatic rings. The number of hydrogen-bond donors (Lipinski definition) is 0. The zero-order valence-corrected chi connectivity index (χ0v) is 26.0. The minimum absolute atomic E-state index is 0.0325. The quantitative estimate of drug-likeness (QED) is 0.324. The van der Waals surface area contributed by atoms with E-state index in [9.17, 15) is 14.4 Å². The maximum absolute atomic E-state index is 12.4. The van der Waals surface area contributed by atoms with Crippen molar-refractivity contribution in [1.29, 1.82) is 0 Å². The molecule has 8 heteroatoms. The van der Waals surface area contributed by atoms with Gasteiger partial charge in [-0.25, -0.2) is 0 Å². The van der Waals surface area contributed by atoms with E-state index in [0.29, 0.717) is 48.3 Å². The molecule has 6 aliphatic rings. The van der Waals surface area contributed by atoms with Gasteiger partial charge in [0, 0.05) is 39.0 Å². The van der Waals surface area contributed by atoms with Gasteiger partial charge in [-0.2, -0.15) is 0 Å². The second-order valence-electron chi connectivity index (χ2n) is 15.1. The van der Waals surface area contributed by atoms with Crippen molar-refractivity contribution in [2.75, 3.05) is 6.61 Å². The Morgan fingerprint density at radius 1 is 0.732 bits per heavy atom. The van der Waals surface area contributed by atoms with Crippen LogP contribution < -0.4 is 0 Å². The lowest BCUT2D eigenvalue weighted by atomic mass is 9.43. The van der Waals surface area contributed by atoms with Crippen LogP contribution in [0.15, 0.2) is 0 Å². The van der Waals surface area contributed by atoms with Crippen LogP contribution in [0.5, 0.6) is 0 Å². The standard InChI is InChI=1S/C33H50O8/c1-17-8-11-33(37-16-17)18(2)30-28(41-33)13-24-22-12-26(38-19(3)34)25-14-27(39-20(4)35)29(40-21(5)36)15-32(25,7)23(22)9-10-31(24,30)6/h17-18,22-30H,8-16H2,1-7H3/t17-,18+,22-,23+,24+,25-,26-,27+,28+,29-,30+,31+,32-,33-/m1/s1. The summed E-state index contributed by atoms with van der Waals surface area (Å²) in [7, 11) is 0. The molecule has 0 radical (unpaired) electrons. The molecule has 0 bridgehead atoms. The summed E-state index contributed by atoms with van der Waals surface area (Å²) in [6, 6.07) is 0. The lowest BCUT2D eigenvalue weighted by Gasteiger charge is -2.63. The molecular formula is C33H50O8. The number of esters is 3.